The van der Waals surface area contributed by atoms with Crippen LogP contribution in [0.25, 0.3) is 0 Å². The van der Waals surface area contributed by atoms with Crippen LogP contribution < -0.4 is 11.5 Å². The minimum absolute atomic E-state index is 0.116. The summed E-state index contributed by atoms with van der Waals surface area (Å²) in [6.07, 6.45) is 3.27. The molecule has 4 N–H and O–H groups in total. The number of nitrogens with two attached hydrogens (primary N) is 2. The Morgan fingerprint density at radius 1 is 1.50 bits per heavy atom. The average Bonchev–Trinajstić information content (AvgIpc) is 2.62. The smallest absolute Gasteiger partial charge is 0.276 e. The molecule has 0 fully saturated rings. The summed E-state index contributed by atoms with van der Waals surface area (Å²) >= 11 is 0. The van der Waals surface area contributed by atoms with Crippen LogP contribution in [0.5, 0.6) is 0 Å². The Morgan fingerprint density at radius 3 is 2.61 bits per heavy atom. The van der Waals surface area contributed by atoms with Crippen molar-refractivity contribution in [1.82, 2.24) is 14.7 Å². The van der Waals surface area contributed by atoms with Gasteiger partial charge in [0.05, 0.1) is 12.2 Å². The van der Waals surface area contributed by atoms with Crippen molar-refractivity contribution in [2.45, 2.75) is 19.8 Å². The first-order chi connectivity index (χ1) is 8.45. The van der Waals surface area contributed by atoms with Gasteiger partial charge >= 0.3 is 0 Å². The molecule has 18 heavy (non-hydrogen) atoms. The SMILES string of the molecule is CCCCN(CC(N)=O)C(=O)c1nn(C)cc1N. The number of unbranched alkanes of at least 4 members (excludes halogenated alkanes) is 1. The summed E-state index contributed by atoms with van der Waals surface area (Å²) in [5, 5.41) is 3.99. The third kappa shape index (κ3) is 3.47. The van der Waals surface area contributed by atoms with E-state index in [0.29, 0.717) is 12.2 Å². The van der Waals surface area contributed by atoms with Crippen LogP contribution in [0.2, 0.25) is 0 Å². The van der Waals surface area contributed by atoms with Gasteiger partial charge in [0.25, 0.3) is 5.91 Å². The molecular weight excluding hydrogens is 234 g/mol. The molecule has 0 saturated heterocycles. The first-order valence-corrected chi connectivity index (χ1v) is 5.82. The fraction of sp³-hybridized carbons (Fsp3) is 0.545. The van der Waals surface area contributed by atoms with Crippen LogP contribution in [-0.2, 0) is 11.8 Å². The molecule has 0 aromatic carbocycles. The molecule has 0 radical (unpaired) electrons. The second kappa shape index (κ2) is 6.04. The van der Waals surface area contributed by atoms with E-state index in [0.717, 1.165) is 12.8 Å². The summed E-state index contributed by atoms with van der Waals surface area (Å²) in [5.41, 5.74) is 11.3. The normalized spacial score (nSPS) is 10.3. The maximum absolute atomic E-state index is 12.2. The van der Waals surface area contributed by atoms with Gasteiger partial charge < -0.3 is 16.4 Å². The number of primary amides is 1. The quantitative estimate of drug-likeness (QED) is 0.727. The van der Waals surface area contributed by atoms with Crippen molar-refractivity contribution in [3.8, 4) is 0 Å². The van der Waals surface area contributed by atoms with Crippen LogP contribution in [0.4, 0.5) is 5.69 Å². The highest BCUT2D eigenvalue weighted by molar-refractivity contribution is 5.98. The summed E-state index contributed by atoms with van der Waals surface area (Å²) in [4.78, 5) is 24.5. The van der Waals surface area contributed by atoms with Gasteiger partial charge in [-0.15, -0.1) is 0 Å². The van der Waals surface area contributed by atoms with Crippen LogP contribution in [-0.4, -0.2) is 39.6 Å². The van der Waals surface area contributed by atoms with Gasteiger partial charge in [-0.25, -0.2) is 0 Å². The van der Waals surface area contributed by atoms with E-state index < -0.39 is 5.91 Å². The van der Waals surface area contributed by atoms with Gasteiger partial charge in [0.2, 0.25) is 5.91 Å². The van der Waals surface area contributed by atoms with Crippen LogP contribution in [0.15, 0.2) is 6.20 Å². The number of anilines is 1. The lowest BCUT2D eigenvalue weighted by atomic mass is 10.2. The fourth-order valence-corrected chi connectivity index (χ4v) is 1.61. The van der Waals surface area contributed by atoms with Gasteiger partial charge in [-0.05, 0) is 6.42 Å². The Bertz CT molecular complexity index is 441. The minimum Gasteiger partial charge on any atom is -0.396 e. The number of hydrogen-bond acceptors (Lipinski definition) is 4. The molecule has 0 spiro atoms. The molecule has 100 valence electrons. The highest BCUT2D eigenvalue weighted by atomic mass is 16.2. The molecule has 2 amide bonds. The molecule has 1 rings (SSSR count). The fourth-order valence-electron chi connectivity index (χ4n) is 1.61. The van der Waals surface area contributed by atoms with Gasteiger partial charge in [0.1, 0.15) is 0 Å². The molecule has 0 saturated carbocycles. The number of nitrogen functional groups attached to an aromatic ring is 1. The predicted molar refractivity (Wildman–Crippen MR) is 67.6 cm³/mol. The van der Waals surface area contributed by atoms with E-state index in [1.54, 1.807) is 13.2 Å². The maximum Gasteiger partial charge on any atom is 0.276 e. The van der Waals surface area contributed by atoms with E-state index in [-0.39, 0.29) is 18.1 Å². The van der Waals surface area contributed by atoms with Gasteiger partial charge in [-0.3, -0.25) is 14.3 Å². The van der Waals surface area contributed by atoms with Crippen LogP contribution in [0.3, 0.4) is 0 Å². The predicted octanol–water partition coefficient (Wildman–Crippen LogP) is -0.270. The van der Waals surface area contributed by atoms with Gasteiger partial charge in [-0.1, -0.05) is 13.3 Å². The minimum atomic E-state index is -0.547. The van der Waals surface area contributed by atoms with Crippen LogP contribution in [0.1, 0.15) is 30.3 Å². The number of rotatable bonds is 6. The third-order valence-corrected chi connectivity index (χ3v) is 2.48. The van der Waals surface area contributed by atoms with Crippen molar-refractivity contribution in [3.63, 3.8) is 0 Å². The molecule has 7 heteroatoms. The summed E-state index contributed by atoms with van der Waals surface area (Å²) in [5.74, 6) is -0.908. The van der Waals surface area contributed by atoms with Gasteiger partial charge in [-0.2, -0.15) is 5.10 Å². The highest BCUT2D eigenvalue weighted by Crippen LogP contribution is 2.12. The summed E-state index contributed by atoms with van der Waals surface area (Å²) in [6, 6.07) is 0. The Hall–Kier alpha value is -2.05. The van der Waals surface area contributed by atoms with Gasteiger partial charge in [0, 0.05) is 19.8 Å². The molecule has 0 atom stereocenters. The van der Waals surface area contributed by atoms with Crippen molar-refractivity contribution >= 4 is 17.5 Å². The lowest BCUT2D eigenvalue weighted by molar-refractivity contribution is -0.118. The van der Waals surface area contributed by atoms with Crippen LogP contribution in [0, 0.1) is 0 Å². The van der Waals surface area contributed by atoms with Crippen LogP contribution >= 0.6 is 0 Å². The summed E-state index contributed by atoms with van der Waals surface area (Å²) < 4.78 is 1.46. The number of amides is 2. The molecule has 1 aromatic heterocycles. The Balaban J connectivity index is 2.87. The second-order valence-corrected chi connectivity index (χ2v) is 4.15. The molecular formula is C11H19N5O2. The van der Waals surface area contributed by atoms with E-state index in [4.69, 9.17) is 11.5 Å². The zero-order chi connectivity index (χ0) is 13.7. The number of nitrogens with zero attached hydrogens (tertiary/aromatic N) is 3. The zero-order valence-electron chi connectivity index (χ0n) is 10.7. The lowest BCUT2D eigenvalue weighted by Gasteiger charge is -2.19. The Labute approximate surface area is 106 Å². The first-order valence-electron chi connectivity index (χ1n) is 5.82. The topological polar surface area (TPSA) is 107 Å². The number of aryl methyl sites for hydroxylation is 1. The molecule has 7 nitrogen and oxygen atoms in total. The number of hydrogen-bond donors (Lipinski definition) is 2. The van der Waals surface area contributed by atoms with E-state index in [2.05, 4.69) is 5.10 Å². The third-order valence-electron chi connectivity index (χ3n) is 2.48. The van der Waals surface area contributed by atoms with Crippen molar-refractivity contribution in [1.29, 1.82) is 0 Å². The van der Waals surface area contributed by atoms with Gasteiger partial charge in [0.15, 0.2) is 5.69 Å². The first kappa shape index (κ1) is 14.0. The van der Waals surface area contributed by atoms with E-state index in [1.165, 1.54) is 9.58 Å². The summed E-state index contributed by atoms with van der Waals surface area (Å²) in [6.45, 7) is 2.35. The molecule has 0 unspecified atom stereocenters. The highest BCUT2D eigenvalue weighted by Gasteiger charge is 2.22. The molecule has 0 bridgehead atoms. The van der Waals surface area contributed by atoms with E-state index in [1.807, 2.05) is 6.92 Å². The van der Waals surface area contributed by atoms with Crippen molar-refractivity contribution < 1.29 is 9.59 Å². The monoisotopic (exact) mass is 253 g/mol. The molecule has 0 aliphatic heterocycles. The largest absolute Gasteiger partial charge is 0.396 e. The summed E-state index contributed by atoms with van der Waals surface area (Å²) in [7, 11) is 1.68. The second-order valence-electron chi connectivity index (χ2n) is 4.15. The number of carbonyl (C=O) groups excluding carboxylic acids is 2. The zero-order valence-corrected chi connectivity index (χ0v) is 10.7. The van der Waals surface area contributed by atoms with Crippen molar-refractivity contribution in [2.75, 3.05) is 18.8 Å². The molecule has 0 aliphatic rings. The lowest BCUT2D eigenvalue weighted by Crippen LogP contribution is -2.39. The standard InChI is InChI=1S/C11H19N5O2/c1-3-4-5-16(7-9(13)17)11(18)10-8(12)6-15(2)14-10/h6H,3-5,7,12H2,1-2H3,(H2,13,17). The number of carbonyl (C=O) groups is 2. The molecule has 1 aromatic rings. The maximum atomic E-state index is 12.2. The van der Waals surface area contributed by atoms with E-state index in [9.17, 15) is 9.59 Å². The molecule has 1 heterocycles. The number of aromatic nitrogens is 2. The van der Waals surface area contributed by atoms with E-state index >= 15 is 0 Å². The van der Waals surface area contributed by atoms with Crippen molar-refractivity contribution in [2.24, 2.45) is 12.8 Å². The average molecular weight is 253 g/mol. The van der Waals surface area contributed by atoms with Crippen molar-refractivity contribution in [3.05, 3.63) is 11.9 Å². The molecule has 0 aliphatic carbocycles. The Morgan fingerprint density at radius 2 is 2.17 bits per heavy atom. The Kier molecular flexibility index (Phi) is 4.70.